The highest BCUT2D eigenvalue weighted by molar-refractivity contribution is 5.97. The molecule has 1 aromatic rings. The Kier molecular flexibility index (Phi) is 7.09. The van der Waals surface area contributed by atoms with Gasteiger partial charge in [-0.05, 0) is 37.0 Å². The van der Waals surface area contributed by atoms with Gasteiger partial charge >= 0.3 is 0 Å². The van der Waals surface area contributed by atoms with E-state index in [1.54, 1.807) is 0 Å². The summed E-state index contributed by atoms with van der Waals surface area (Å²) in [5, 5.41) is 2.44. The molecule has 0 radical (unpaired) electrons. The molecular formula is C19H25F3N4O3. The van der Waals surface area contributed by atoms with Crippen LogP contribution in [-0.2, 0) is 14.3 Å². The van der Waals surface area contributed by atoms with Crippen molar-refractivity contribution in [1.82, 2.24) is 4.90 Å². The Balaban J connectivity index is 1.69. The largest absolute Gasteiger partial charge is 0.370 e. The summed E-state index contributed by atoms with van der Waals surface area (Å²) < 4.78 is 45.5. The number of carbonyl (C=O) groups excluding carboxylic acids is 2. The van der Waals surface area contributed by atoms with Crippen molar-refractivity contribution in [2.75, 3.05) is 49.6 Å². The number of hydrogen-bond acceptors (Lipinski definition) is 5. The third-order valence-corrected chi connectivity index (χ3v) is 5.04. The molecule has 1 aliphatic heterocycles. The minimum absolute atomic E-state index is 0.0702. The van der Waals surface area contributed by atoms with E-state index in [-0.39, 0.29) is 30.7 Å². The van der Waals surface area contributed by atoms with E-state index in [4.69, 9.17) is 10.5 Å². The predicted molar refractivity (Wildman–Crippen MR) is 101 cm³/mol. The number of ether oxygens (including phenoxy) is 1. The van der Waals surface area contributed by atoms with E-state index in [1.807, 2.05) is 0 Å². The summed E-state index contributed by atoms with van der Waals surface area (Å²) in [6, 6.07) is 3.03. The molecule has 0 aromatic heterocycles. The molecule has 2 fully saturated rings. The molecule has 3 rings (SSSR count). The zero-order valence-corrected chi connectivity index (χ0v) is 16.0. The second-order valence-corrected chi connectivity index (χ2v) is 7.29. The summed E-state index contributed by atoms with van der Waals surface area (Å²) in [6.45, 7) is 0.229. The summed E-state index contributed by atoms with van der Waals surface area (Å²) in [7, 11) is 0. The number of alkyl halides is 2. The van der Waals surface area contributed by atoms with Gasteiger partial charge in [0.1, 0.15) is 18.5 Å². The van der Waals surface area contributed by atoms with Crippen LogP contribution in [0.3, 0.4) is 0 Å². The van der Waals surface area contributed by atoms with Crippen molar-refractivity contribution in [3.05, 3.63) is 24.0 Å². The van der Waals surface area contributed by atoms with Gasteiger partial charge in [-0.25, -0.2) is 13.2 Å². The number of rotatable bonds is 9. The first-order valence-corrected chi connectivity index (χ1v) is 9.59. The lowest BCUT2D eigenvalue weighted by molar-refractivity contribution is -0.125. The molecule has 10 heteroatoms. The maximum atomic E-state index is 14.5. The van der Waals surface area contributed by atoms with Crippen molar-refractivity contribution in [1.29, 1.82) is 0 Å². The molecule has 7 nitrogen and oxygen atoms in total. The highest BCUT2D eigenvalue weighted by Crippen LogP contribution is 2.31. The number of hydrogen-bond donors (Lipinski definition) is 2. The van der Waals surface area contributed by atoms with Crippen LogP contribution in [0, 0.1) is 11.7 Å². The summed E-state index contributed by atoms with van der Waals surface area (Å²) in [6.07, 6.45) is -0.720. The van der Waals surface area contributed by atoms with Crippen molar-refractivity contribution >= 4 is 23.2 Å². The Hall–Kier alpha value is -2.17. The smallest absolute Gasteiger partial charge is 0.253 e. The zero-order valence-electron chi connectivity index (χ0n) is 16.0. The first-order valence-electron chi connectivity index (χ1n) is 9.59. The van der Waals surface area contributed by atoms with Crippen LogP contribution in [0.15, 0.2) is 18.2 Å². The SMILES string of the molecule is NC[C@H](C(=O)Nc1ccc(N2CCOCC2=O)cc1F)N(CC(F)F)CC1CC1. The van der Waals surface area contributed by atoms with Crippen molar-refractivity contribution in [3.8, 4) is 0 Å². The fourth-order valence-corrected chi connectivity index (χ4v) is 3.34. The highest BCUT2D eigenvalue weighted by atomic mass is 19.3. The van der Waals surface area contributed by atoms with Gasteiger partial charge in [0, 0.05) is 25.3 Å². The van der Waals surface area contributed by atoms with E-state index in [0.717, 1.165) is 18.9 Å². The normalized spacial score (nSPS) is 18.4. The topological polar surface area (TPSA) is 87.9 Å². The van der Waals surface area contributed by atoms with Gasteiger partial charge in [-0.15, -0.1) is 0 Å². The fourth-order valence-electron chi connectivity index (χ4n) is 3.34. The van der Waals surface area contributed by atoms with E-state index < -0.39 is 30.7 Å². The van der Waals surface area contributed by atoms with Crippen LogP contribution in [0.5, 0.6) is 0 Å². The van der Waals surface area contributed by atoms with Crippen LogP contribution >= 0.6 is 0 Å². The standard InChI is InChI=1S/C19H25F3N4O3/c20-14-7-13(26-5-6-29-11-18(26)27)3-4-15(14)24-19(28)16(8-23)25(10-17(21)22)9-12-1-2-12/h3-4,7,12,16-17H,1-2,5-6,8-11,23H2,(H,24,28)/t16-/m1/s1. The second kappa shape index (κ2) is 9.55. The first kappa shape index (κ1) is 21.5. The van der Waals surface area contributed by atoms with Crippen molar-refractivity contribution in [3.63, 3.8) is 0 Å². The molecule has 160 valence electrons. The molecule has 2 amide bonds. The van der Waals surface area contributed by atoms with Crippen LogP contribution in [0.25, 0.3) is 0 Å². The number of nitrogens with two attached hydrogens (primary N) is 1. The Labute approximate surface area is 167 Å². The molecule has 1 heterocycles. The second-order valence-electron chi connectivity index (χ2n) is 7.29. The number of morpholine rings is 1. The molecule has 0 bridgehead atoms. The van der Waals surface area contributed by atoms with Gasteiger partial charge in [0.05, 0.1) is 18.8 Å². The lowest BCUT2D eigenvalue weighted by Gasteiger charge is -2.30. The highest BCUT2D eigenvalue weighted by Gasteiger charge is 2.33. The molecule has 1 atom stereocenters. The Bertz CT molecular complexity index is 741. The molecule has 1 aromatic carbocycles. The first-order chi connectivity index (χ1) is 13.9. The lowest BCUT2D eigenvalue weighted by Crippen LogP contribution is -2.51. The fraction of sp³-hybridized carbons (Fsp3) is 0.579. The number of benzene rings is 1. The molecule has 1 aliphatic carbocycles. The number of nitrogens with zero attached hydrogens (tertiary/aromatic N) is 2. The number of carbonyl (C=O) groups is 2. The van der Waals surface area contributed by atoms with E-state index in [1.165, 1.54) is 21.9 Å². The number of halogens is 3. The van der Waals surface area contributed by atoms with E-state index >= 15 is 0 Å². The molecular weight excluding hydrogens is 389 g/mol. The Morgan fingerprint density at radius 3 is 2.72 bits per heavy atom. The van der Waals surface area contributed by atoms with Crippen LogP contribution in [-0.4, -0.2) is 68.6 Å². The number of nitrogens with one attached hydrogen (secondary N) is 1. The summed E-state index contributed by atoms with van der Waals surface area (Å²) >= 11 is 0. The van der Waals surface area contributed by atoms with Gasteiger partial charge in [-0.1, -0.05) is 0 Å². The summed E-state index contributed by atoms with van der Waals surface area (Å²) in [5.74, 6) is -1.35. The van der Waals surface area contributed by atoms with Gasteiger partial charge in [0.25, 0.3) is 12.3 Å². The zero-order chi connectivity index (χ0) is 21.0. The molecule has 1 saturated heterocycles. The van der Waals surface area contributed by atoms with Crippen molar-refractivity contribution in [2.24, 2.45) is 11.7 Å². The van der Waals surface area contributed by atoms with Gasteiger partial charge in [0.2, 0.25) is 5.91 Å². The predicted octanol–water partition coefficient (Wildman–Crippen LogP) is 1.43. The molecule has 3 N–H and O–H groups in total. The van der Waals surface area contributed by atoms with E-state index in [9.17, 15) is 22.8 Å². The maximum Gasteiger partial charge on any atom is 0.253 e. The molecule has 2 aliphatic rings. The lowest BCUT2D eigenvalue weighted by atomic mass is 10.2. The van der Waals surface area contributed by atoms with Crippen LogP contribution < -0.4 is 16.0 Å². The Morgan fingerprint density at radius 1 is 1.38 bits per heavy atom. The summed E-state index contributed by atoms with van der Waals surface area (Å²) in [5.41, 5.74) is 5.94. The van der Waals surface area contributed by atoms with Crippen LogP contribution in [0.2, 0.25) is 0 Å². The van der Waals surface area contributed by atoms with Gasteiger partial charge in [-0.3, -0.25) is 14.5 Å². The summed E-state index contributed by atoms with van der Waals surface area (Å²) in [4.78, 5) is 27.3. The van der Waals surface area contributed by atoms with Crippen LogP contribution in [0.4, 0.5) is 24.5 Å². The Morgan fingerprint density at radius 2 is 2.14 bits per heavy atom. The average Bonchev–Trinajstić information content (AvgIpc) is 3.48. The number of amides is 2. The van der Waals surface area contributed by atoms with E-state index in [0.29, 0.717) is 25.4 Å². The van der Waals surface area contributed by atoms with E-state index in [2.05, 4.69) is 5.32 Å². The van der Waals surface area contributed by atoms with Crippen molar-refractivity contribution in [2.45, 2.75) is 25.3 Å². The van der Waals surface area contributed by atoms with Gasteiger partial charge < -0.3 is 20.7 Å². The monoisotopic (exact) mass is 414 g/mol. The third-order valence-electron chi connectivity index (χ3n) is 5.04. The average molecular weight is 414 g/mol. The quantitative estimate of drug-likeness (QED) is 0.638. The minimum atomic E-state index is -2.60. The minimum Gasteiger partial charge on any atom is -0.370 e. The molecule has 0 unspecified atom stereocenters. The molecule has 1 saturated carbocycles. The van der Waals surface area contributed by atoms with Crippen LogP contribution in [0.1, 0.15) is 12.8 Å². The van der Waals surface area contributed by atoms with Gasteiger partial charge in [-0.2, -0.15) is 0 Å². The van der Waals surface area contributed by atoms with Crippen molar-refractivity contribution < 1.29 is 27.5 Å². The van der Waals surface area contributed by atoms with Gasteiger partial charge in [0.15, 0.2) is 0 Å². The third kappa shape index (κ3) is 5.68. The molecule has 29 heavy (non-hydrogen) atoms. The maximum absolute atomic E-state index is 14.5. The number of anilines is 2. The molecule has 0 spiro atoms.